The molecule has 0 atom stereocenters. The van der Waals surface area contributed by atoms with Crippen LogP contribution < -0.4 is 10.6 Å². The van der Waals surface area contributed by atoms with Gasteiger partial charge >= 0.3 is 0 Å². The molecule has 0 aliphatic rings. The molecule has 1 amide bonds. The van der Waals surface area contributed by atoms with Gasteiger partial charge in [0.05, 0.1) is 15.6 Å². The molecule has 0 spiro atoms. The van der Waals surface area contributed by atoms with Crippen molar-refractivity contribution in [2.45, 2.75) is 0 Å². The van der Waals surface area contributed by atoms with Gasteiger partial charge in [-0.2, -0.15) is 0 Å². The van der Waals surface area contributed by atoms with E-state index in [0.29, 0.717) is 21.3 Å². The Labute approximate surface area is 167 Å². The first kappa shape index (κ1) is 18.4. The quantitative estimate of drug-likeness (QED) is 0.546. The van der Waals surface area contributed by atoms with Crippen LogP contribution in [0.1, 0.15) is 10.4 Å². The second-order valence-corrected chi connectivity index (χ2v) is 6.67. The number of amides is 1. The van der Waals surface area contributed by atoms with E-state index >= 15 is 0 Å². The number of carbonyl (C=O) groups is 1. The van der Waals surface area contributed by atoms with Crippen molar-refractivity contribution in [1.82, 2.24) is 5.32 Å². The Morgan fingerprint density at radius 3 is 2.23 bits per heavy atom. The molecule has 0 aliphatic carbocycles. The van der Waals surface area contributed by atoms with Gasteiger partial charge in [-0.3, -0.25) is 10.1 Å². The number of rotatable bonds is 3. The number of thiocarbonyl (C=S) groups is 1. The number of benzene rings is 3. The maximum Gasteiger partial charge on any atom is 0.258 e. The molecule has 0 unspecified atom stereocenters. The molecule has 6 heteroatoms. The van der Waals surface area contributed by atoms with Crippen molar-refractivity contribution in [3.8, 4) is 11.1 Å². The number of hydrogen-bond donors (Lipinski definition) is 2. The van der Waals surface area contributed by atoms with Crippen molar-refractivity contribution in [1.29, 1.82) is 0 Å². The van der Waals surface area contributed by atoms with Crippen molar-refractivity contribution in [3.63, 3.8) is 0 Å². The van der Waals surface area contributed by atoms with Crippen LogP contribution in [0, 0.1) is 0 Å². The lowest BCUT2D eigenvalue weighted by atomic mass is 10.1. The van der Waals surface area contributed by atoms with Gasteiger partial charge in [0.25, 0.3) is 5.91 Å². The summed E-state index contributed by atoms with van der Waals surface area (Å²) in [5.41, 5.74) is 2.98. The fourth-order valence-corrected chi connectivity index (χ4v) is 3.14. The topological polar surface area (TPSA) is 41.1 Å². The van der Waals surface area contributed by atoms with Crippen LogP contribution in [0.2, 0.25) is 10.0 Å². The van der Waals surface area contributed by atoms with Crippen molar-refractivity contribution in [2.24, 2.45) is 0 Å². The molecule has 0 saturated carbocycles. The third kappa shape index (κ3) is 4.41. The van der Waals surface area contributed by atoms with Crippen molar-refractivity contribution in [2.75, 3.05) is 5.32 Å². The molecule has 0 aliphatic heterocycles. The molecule has 0 radical (unpaired) electrons. The Kier molecular flexibility index (Phi) is 5.89. The number of hydrogen-bond acceptors (Lipinski definition) is 2. The van der Waals surface area contributed by atoms with E-state index in [1.165, 1.54) is 0 Å². The number of halogens is 2. The summed E-state index contributed by atoms with van der Waals surface area (Å²) >= 11 is 17.6. The predicted octanol–water partition coefficient (Wildman–Crippen LogP) is 5.79. The molecular formula is C20H14Cl2N2OS. The van der Waals surface area contributed by atoms with Crippen LogP contribution in [0.15, 0.2) is 72.8 Å². The molecule has 26 heavy (non-hydrogen) atoms. The Balaban J connectivity index is 1.69. The van der Waals surface area contributed by atoms with E-state index in [4.69, 9.17) is 35.4 Å². The van der Waals surface area contributed by atoms with Gasteiger partial charge < -0.3 is 5.32 Å². The highest BCUT2D eigenvalue weighted by Gasteiger charge is 2.12. The second kappa shape index (κ2) is 8.32. The van der Waals surface area contributed by atoms with E-state index in [0.717, 1.165) is 11.1 Å². The summed E-state index contributed by atoms with van der Waals surface area (Å²) in [6.45, 7) is 0. The third-order valence-electron chi connectivity index (χ3n) is 3.66. The van der Waals surface area contributed by atoms with Gasteiger partial charge in [0.1, 0.15) is 0 Å². The average molecular weight is 401 g/mol. The summed E-state index contributed by atoms with van der Waals surface area (Å²) in [7, 11) is 0. The van der Waals surface area contributed by atoms with Crippen LogP contribution >= 0.6 is 35.4 Å². The SMILES string of the molecule is O=C(NC(=S)Nc1ccc(-c2ccccc2)c(Cl)c1)c1ccccc1Cl. The smallest absolute Gasteiger partial charge is 0.258 e. The van der Waals surface area contributed by atoms with Gasteiger partial charge in [0.2, 0.25) is 0 Å². The molecule has 0 bridgehead atoms. The van der Waals surface area contributed by atoms with Crippen LogP contribution in [-0.2, 0) is 0 Å². The molecule has 3 aromatic rings. The highest BCUT2D eigenvalue weighted by atomic mass is 35.5. The molecule has 0 heterocycles. The molecule has 3 aromatic carbocycles. The van der Waals surface area contributed by atoms with E-state index in [1.807, 2.05) is 42.5 Å². The Morgan fingerprint density at radius 2 is 1.54 bits per heavy atom. The Hall–Kier alpha value is -2.40. The lowest BCUT2D eigenvalue weighted by Gasteiger charge is -2.12. The maximum atomic E-state index is 12.2. The molecule has 0 fully saturated rings. The minimum absolute atomic E-state index is 0.165. The van der Waals surface area contributed by atoms with Crippen LogP contribution in [0.4, 0.5) is 5.69 Å². The largest absolute Gasteiger partial charge is 0.332 e. The summed E-state index contributed by atoms with van der Waals surface area (Å²) in [6.07, 6.45) is 0. The minimum atomic E-state index is -0.375. The second-order valence-electron chi connectivity index (χ2n) is 5.45. The summed E-state index contributed by atoms with van der Waals surface area (Å²) < 4.78 is 0. The zero-order valence-corrected chi connectivity index (χ0v) is 15.8. The zero-order chi connectivity index (χ0) is 18.5. The fraction of sp³-hybridized carbons (Fsp3) is 0. The third-order valence-corrected chi connectivity index (χ3v) is 4.50. The van der Waals surface area contributed by atoms with Crippen molar-refractivity contribution < 1.29 is 4.79 Å². The van der Waals surface area contributed by atoms with Gasteiger partial charge in [-0.25, -0.2) is 0 Å². The lowest BCUT2D eigenvalue weighted by Crippen LogP contribution is -2.34. The average Bonchev–Trinajstić information content (AvgIpc) is 2.62. The Morgan fingerprint density at radius 1 is 0.846 bits per heavy atom. The molecule has 130 valence electrons. The van der Waals surface area contributed by atoms with E-state index in [9.17, 15) is 4.79 Å². The Bertz CT molecular complexity index is 961. The minimum Gasteiger partial charge on any atom is -0.332 e. The summed E-state index contributed by atoms with van der Waals surface area (Å²) in [5.74, 6) is -0.375. The number of nitrogens with one attached hydrogen (secondary N) is 2. The molecular weight excluding hydrogens is 387 g/mol. The van der Waals surface area contributed by atoms with E-state index in [1.54, 1.807) is 30.3 Å². The number of anilines is 1. The van der Waals surface area contributed by atoms with Crippen LogP contribution in [0.25, 0.3) is 11.1 Å². The first-order chi connectivity index (χ1) is 12.5. The highest BCUT2D eigenvalue weighted by molar-refractivity contribution is 7.80. The van der Waals surface area contributed by atoms with E-state index in [-0.39, 0.29) is 11.0 Å². The van der Waals surface area contributed by atoms with Gasteiger partial charge in [-0.05, 0) is 42.0 Å². The van der Waals surface area contributed by atoms with E-state index < -0.39 is 0 Å². The summed E-state index contributed by atoms with van der Waals surface area (Å²) in [5, 5.41) is 6.67. The fourth-order valence-electron chi connectivity index (χ4n) is 2.42. The van der Waals surface area contributed by atoms with Crippen LogP contribution in [0.3, 0.4) is 0 Å². The molecule has 3 rings (SSSR count). The zero-order valence-electron chi connectivity index (χ0n) is 13.5. The van der Waals surface area contributed by atoms with Crippen molar-refractivity contribution in [3.05, 3.63) is 88.4 Å². The normalized spacial score (nSPS) is 10.2. The van der Waals surface area contributed by atoms with E-state index in [2.05, 4.69) is 10.6 Å². The lowest BCUT2D eigenvalue weighted by molar-refractivity contribution is 0.0978. The van der Waals surface area contributed by atoms with Gasteiger partial charge in [-0.15, -0.1) is 0 Å². The van der Waals surface area contributed by atoms with Crippen LogP contribution in [0.5, 0.6) is 0 Å². The van der Waals surface area contributed by atoms with Crippen LogP contribution in [-0.4, -0.2) is 11.0 Å². The molecule has 0 saturated heterocycles. The monoisotopic (exact) mass is 400 g/mol. The molecule has 0 aromatic heterocycles. The summed E-state index contributed by atoms with van der Waals surface area (Å²) in [6, 6.07) is 22.1. The predicted molar refractivity (Wildman–Crippen MR) is 112 cm³/mol. The van der Waals surface area contributed by atoms with Gasteiger partial charge in [0, 0.05) is 11.3 Å². The molecule has 2 N–H and O–H groups in total. The van der Waals surface area contributed by atoms with Gasteiger partial charge in [0.15, 0.2) is 5.11 Å². The first-order valence-corrected chi connectivity index (χ1v) is 8.93. The van der Waals surface area contributed by atoms with Gasteiger partial charge in [-0.1, -0.05) is 71.7 Å². The van der Waals surface area contributed by atoms with Crippen molar-refractivity contribution >= 4 is 52.1 Å². The number of carbonyl (C=O) groups excluding carboxylic acids is 1. The maximum absolute atomic E-state index is 12.2. The summed E-state index contributed by atoms with van der Waals surface area (Å²) in [4.78, 5) is 12.2. The molecule has 3 nitrogen and oxygen atoms in total. The highest BCUT2D eigenvalue weighted by Crippen LogP contribution is 2.30. The standard InChI is InChI=1S/C20H14Cl2N2OS/c21-17-9-5-4-8-16(17)19(25)24-20(26)23-14-10-11-15(18(22)12-14)13-6-2-1-3-7-13/h1-12H,(H2,23,24,25,26). The first-order valence-electron chi connectivity index (χ1n) is 7.76.